The van der Waals surface area contributed by atoms with Crippen LogP contribution in [0.4, 0.5) is 0 Å². The summed E-state index contributed by atoms with van der Waals surface area (Å²) in [4.78, 5) is 11.7. The molecule has 0 saturated heterocycles. The van der Waals surface area contributed by atoms with Crippen LogP contribution >= 0.6 is 0 Å². The van der Waals surface area contributed by atoms with Crippen LogP contribution in [0.2, 0.25) is 0 Å². The van der Waals surface area contributed by atoms with Gasteiger partial charge in [-0.1, -0.05) is 0 Å². The first-order valence-corrected chi connectivity index (χ1v) is 4.39. The number of hydrogen-bond donors (Lipinski definition) is 2. The van der Waals surface area contributed by atoms with Crippen LogP contribution in [0.3, 0.4) is 0 Å². The zero-order chi connectivity index (χ0) is 11.0. The molecule has 2 rings (SSSR count). The zero-order valence-electron chi connectivity index (χ0n) is 8.06. The van der Waals surface area contributed by atoms with Crippen molar-refractivity contribution < 1.29 is 24.5 Å². The van der Waals surface area contributed by atoms with Gasteiger partial charge in [0.2, 0.25) is 5.78 Å². The lowest BCUT2D eigenvalue weighted by Gasteiger charge is -2.23. The number of phenols is 2. The smallest absolute Gasteiger partial charge is 0.202 e. The van der Waals surface area contributed by atoms with Gasteiger partial charge in [0.15, 0.2) is 6.10 Å². The van der Waals surface area contributed by atoms with Crippen LogP contribution in [0, 0.1) is 0 Å². The Morgan fingerprint density at radius 3 is 2.87 bits per heavy atom. The van der Waals surface area contributed by atoms with Crippen molar-refractivity contribution in [2.75, 3.05) is 13.7 Å². The van der Waals surface area contributed by atoms with Crippen molar-refractivity contribution in [1.29, 1.82) is 0 Å². The number of fused-ring (bicyclic) bond motifs is 1. The van der Waals surface area contributed by atoms with E-state index in [1.54, 1.807) is 0 Å². The number of methoxy groups -OCH3 is 1. The van der Waals surface area contributed by atoms with Gasteiger partial charge in [-0.05, 0) is 0 Å². The average molecular weight is 210 g/mol. The number of Topliss-reactive ketones (excluding diaryl/α,β-unsaturated/α-hetero) is 1. The fourth-order valence-corrected chi connectivity index (χ4v) is 1.53. The highest BCUT2D eigenvalue weighted by atomic mass is 16.5. The number of aromatic hydroxyl groups is 2. The second kappa shape index (κ2) is 3.43. The van der Waals surface area contributed by atoms with E-state index < -0.39 is 6.10 Å². The van der Waals surface area contributed by atoms with Crippen LogP contribution in [0.5, 0.6) is 17.2 Å². The molecule has 1 heterocycles. The second-order valence-corrected chi connectivity index (χ2v) is 3.24. The summed E-state index contributed by atoms with van der Waals surface area (Å²) in [6.45, 7) is 0.0885. The number of rotatable bonds is 1. The number of carbonyl (C=O) groups is 1. The second-order valence-electron chi connectivity index (χ2n) is 3.24. The van der Waals surface area contributed by atoms with E-state index in [0.717, 1.165) is 6.07 Å². The maximum Gasteiger partial charge on any atom is 0.202 e. The van der Waals surface area contributed by atoms with E-state index in [-0.39, 0.29) is 35.2 Å². The van der Waals surface area contributed by atoms with Gasteiger partial charge in [0.1, 0.15) is 29.4 Å². The molecule has 1 aromatic carbocycles. The minimum Gasteiger partial charge on any atom is -0.508 e. The molecule has 2 N–H and O–H groups in total. The summed E-state index contributed by atoms with van der Waals surface area (Å²) in [7, 11) is 1.40. The van der Waals surface area contributed by atoms with E-state index in [9.17, 15) is 15.0 Å². The van der Waals surface area contributed by atoms with Gasteiger partial charge in [-0.3, -0.25) is 4.79 Å². The molecule has 15 heavy (non-hydrogen) atoms. The van der Waals surface area contributed by atoms with Crippen molar-refractivity contribution in [3.8, 4) is 17.2 Å². The fraction of sp³-hybridized carbons (Fsp3) is 0.300. The third-order valence-electron chi connectivity index (χ3n) is 2.28. The zero-order valence-corrected chi connectivity index (χ0v) is 8.06. The molecule has 0 radical (unpaired) electrons. The molecule has 5 nitrogen and oxygen atoms in total. The van der Waals surface area contributed by atoms with Crippen LogP contribution in [-0.4, -0.2) is 35.8 Å². The molecule has 0 fully saturated rings. The predicted molar refractivity (Wildman–Crippen MR) is 50.4 cm³/mol. The Morgan fingerprint density at radius 2 is 2.20 bits per heavy atom. The molecule has 1 aliphatic rings. The van der Waals surface area contributed by atoms with Crippen molar-refractivity contribution in [3.63, 3.8) is 0 Å². The van der Waals surface area contributed by atoms with Gasteiger partial charge in [0, 0.05) is 19.2 Å². The number of phenolic OH excluding ortho intramolecular Hbond substituents is 2. The Bertz CT molecular complexity index is 413. The molecule has 0 amide bonds. The van der Waals surface area contributed by atoms with E-state index >= 15 is 0 Å². The van der Waals surface area contributed by atoms with Crippen LogP contribution in [0.25, 0.3) is 0 Å². The molecule has 0 spiro atoms. The van der Waals surface area contributed by atoms with E-state index in [0.29, 0.717) is 0 Å². The van der Waals surface area contributed by atoms with Crippen molar-refractivity contribution in [1.82, 2.24) is 0 Å². The molecule has 0 aliphatic carbocycles. The summed E-state index contributed by atoms with van der Waals surface area (Å²) in [6, 6.07) is 2.39. The highest BCUT2D eigenvalue weighted by molar-refractivity contribution is 6.05. The maximum absolute atomic E-state index is 11.7. The summed E-state index contributed by atoms with van der Waals surface area (Å²) in [5, 5.41) is 18.7. The topological polar surface area (TPSA) is 76.0 Å². The number of ketones is 1. The molecular formula is C10H10O5. The molecule has 0 aromatic heterocycles. The molecular weight excluding hydrogens is 200 g/mol. The Hall–Kier alpha value is -1.75. The first-order valence-electron chi connectivity index (χ1n) is 4.39. The molecule has 5 heteroatoms. The van der Waals surface area contributed by atoms with E-state index in [1.165, 1.54) is 13.2 Å². The molecule has 80 valence electrons. The van der Waals surface area contributed by atoms with Gasteiger partial charge in [-0.25, -0.2) is 0 Å². The monoisotopic (exact) mass is 210 g/mol. The van der Waals surface area contributed by atoms with Crippen molar-refractivity contribution in [2.45, 2.75) is 6.10 Å². The minimum absolute atomic E-state index is 0.0610. The molecule has 0 unspecified atom stereocenters. The van der Waals surface area contributed by atoms with E-state index in [2.05, 4.69) is 0 Å². The number of ether oxygens (including phenoxy) is 2. The molecule has 1 aromatic rings. The summed E-state index contributed by atoms with van der Waals surface area (Å²) in [5.74, 6) is -0.589. The van der Waals surface area contributed by atoms with Crippen molar-refractivity contribution in [3.05, 3.63) is 17.7 Å². The summed E-state index contributed by atoms with van der Waals surface area (Å²) in [5.41, 5.74) is 0.0610. The third-order valence-corrected chi connectivity index (χ3v) is 2.28. The van der Waals surface area contributed by atoms with E-state index in [4.69, 9.17) is 9.47 Å². The standard InChI is InChI=1S/C10H10O5/c1-14-8-4-15-7-3-5(11)2-6(12)9(7)10(8)13/h2-3,8,11-12H,4H2,1H3/t8-/m1/s1. The van der Waals surface area contributed by atoms with Gasteiger partial charge in [-0.2, -0.15) is 0 Å². The average Bonchev–Trinajstić information content (AvgIpc) is 2.17. The normalized spacial score (nSPS) is 19.5. The van der Waals surface area contributed by atoms with Gasteiger partial charge >= 0.3 is 0 Å². The molecule has 0 bridgehead atoms. The first-order chi connectivity index (χ1) is 7.13. The lowest BCUT2D eigenvalue weighted by atomic mass is 10.0. The summed E-state index contributed by atoms with van der Waals surface area (Å²) >= 11 is 0. The van der Waals surface area contributed by atoms with Gasteiger partial charge in [0.05, 0.1) is 0 Å². The lowest BCUT2D eigenvalue weighted by molar-refractivity contribution is 0.0363. The Morgan fingerprint density at radius 1 is 1.47 bits per heavy atom. The van der Waals surface area contributed by atoms with Gasteiger partial charge < -0.3 is 19.7 Å². The summed E-state index contributed by atoms with van der Waals surface area (Å²) in [6.07, 6.45) is -0.701. The van der Waals surface area contributed by atoms with Crippen LogP contribution in [0.15, 0.2) is 12.1 Å². The van der Waals surface area contributed by atoms with Gasteiger partial charge in [0.25, 0.3) is 0 Å². The van der Waals surface area contributed by atoms with E-state index in [1.807, 2.05) is 0 Å². The number of benzene rings is 1. The largest absolute Gasteiger partial charge is 0.508 e. The Balaban J connectivity index is 2.52. The summed E-state index contributed by atoms with van der Waals surface area (Å²) < 4.78 is 10.1. The Labute approximate surface area is 85.9 Å². The van der Waals surface area contributed by atoms with Crippen molar-refractivity contribution in [2.24, 2.45) is 0 Å². The van der Waals surface area contributed by atoms with Crippen molar-refractivity contribution >= 4 is 5.78 Å². The van der Waals surface area contributed by atoms with Crippen LogP contribution in [-0.2, 0) is 4.74 Å². The number of carbonyl (C=O) groups excluding carboxylic acids is 1. The first kappa shape index (κ1) is 9.79. The van der Waals surface area contributed by atoms with Crippen LogP contribution in [0.1, 0.15) is 10.4 Å². The Kier molecular flexibility index (Phi) is 2.24. The quantitative estimate of drug-likeness (QED) is 0.713. The highest BCUT2D eigenvalue weighted by Crippen LogP contribution is 2.36. The molecule has 1 aliphatic heterocycles. The predicted octanol–water partition coefficient (Wildman–Crippen LogP) is 0.688. The van der Waals surface area contributed by atoms with Gasteiger partial charge in [-0.15, -0.1) is 0 Å². The SMILES string of the molecule is CO[C@@H]1COc2cc(O)cc(O)c2C1=O. The highest BCUT2D eigenvalue weighted by Gasteiger charge is 2.31. The maximum atomic E-state index is 11.7. The molecule has 0 saturated carbocycles. The molecule has 1 atom stereocenters. The minimum atomic E-state index is -0.701. The van der Waals surface area contributed by atoms with Crippen LogP contribution < -0.4 is 4.74 Å². The third kappa shape index (κ3) is 1.50. The number of hydrogen-bond acceptors (Lipinski definition) is 5. The fourth-order valence-electron chi connectivity index (χ4n) is 1.53. The lowest BCUT2D eigenvalue weighted by Crippen LogP contribution is -2.34.